The lowest BCUT2D eigenvalue weighted by Crippen LogP contribution is -2.36. The minimum absolute atomic E-state index is 0.0644. The Labute approximate surface area is 178 Å². The van der Waals surface area contributed by atoms with Crippen LogP contribution in [0.4, 0.5) is 11.4 Å². The monoisotopic (exact) mass is 409 g/mol. The molecule has 1 aliphatic carbocycles. The number of ether oxygens (including phenoxy) is 2. The first-order chi connectivity index (χ1) is 14.7. The van der Waals surface area contributed by atoms with Crippen LogP contribution in [0.2, 0.25) is 0 Å². The van der Waals surface area contributed by atoms with Crippen LogP contribution in [0, 0.1) is 0 Å². The van der Waals surface area contributed by atoms with Crippen molar-refractivity contribution in [1.29, 1.82) is 0 Å². The van der Waals surface area contributed by atoms with Crippen molar-refractivity contribution in [3.05, 3.63) is 54.1 Å². The number of methoxy groups -OCH3 is 1. The van der Waals surface area contributed by atoms with Gasteiger partial charge in [-0.15, -0.1) is 0 Å². The number of anilines is 2. The summed E-state index contributed by atoms with van der Waals surface area (Å²) in [6.07, 6.45) is 2.94. The molecule has 1 heterocycles. The maximum Gasteiger partial charge on any atom is 0.225 e. The van der Waals surface area contributed by atoms with E-state index >= 15 is 0 Å². The summed E-state index contributed by atoms with van der Waals surface area (Å²) in [5.41, 5.74) is 3.28. The molecule has 4 rings (SSSR count). The van der Waals surface area contributed by atoms with E-state index in [-0.39, 0.29) is 5.91 Å². The molecule has 30 heavy (non-hydrogen) atoms. The summed E-state index contributed by atoms with van der Waals surface area (Å²) in [5.74, 6) is 0.935. The van der Waals surface area contributed by atoms with Crippen molar-refractivity contribution in [3.63, 3.8) is 0 Å². The quantitative estimate of drug-likeness (QED) is 0.687. The SMILES string of the molecule is COc1ccc(CN(CCC(=O)Nc2ccc(N3CCOCC3)cc2)C2CC2)cc1. The van der Waals surface area contributed by atoms with Crippen molar-refractivity contribution in [2.45, 2.75) is 31.8 Å². The number of nitrogens with one attached hydrogen (secondary N) is 1. The van der Waals surface area contributed by atoms with Crippen LogP contribution in [0.25, 0.3) is 0 Å². The molecule has 6 heteroatoms. The second-order valence-corrected chi connectivity index (χ2v) is 7.99. The molecular weight excluding hydrogens is 378 g/mol. The van der Waals surface area contributed by atoms with Crippen LogP contribution in [-0.4, -0.2) is 56.8 Å². The highest BCUT2D eigenvalue weighted by Crippen LogP contribution is 2.29. The first-order valence-corrected chi connectivity index (χ1v) is 10.8. The zero-order valence-corrected chi connectivity index (χ0v) is 17.7. The van der Waals surface area contributed by atoms with Gasteiger partial charge in [0.25, 0.3) is 0 Å². The third-order valence-electron chi connectivity index (χ3n) is 5.76. The number of benzene rings is 2. The second-order valence-electron chi connectivity index (χ2n) is 7.99. The smallest absolute Gasteiger partial charge is 0.225 e. The van der Waals surface area contributed by atoms with E-state index < -0.39 is 0 Å². The first-order valence-electron chi connectivity index (χ1n) is 10.8. The summed E-state index contributed by atoms with van der Waals surface area (Å²) in [6.45, 7) is 5.01. The number of nitrogens with zero attached hydrogens (tertiary/aromatic N) is 2. The predicted octanol–water partition coefficient (Wildman–Crippen LogP) is 3.53. The van der Waals surface area contributed by atoms with E-state index in [1.54, 1.807) is 7.11 Å². The molecule has 1 aliphatic heterocycles. The van der Waals surface area contributed by atoms with Crippen LogP contribution in [-0.2, 0) is 16.1 Å². The Morgan fingerprint density at radius 2 is 1.80 bits per heavy atom. The molecule has 2 fully saturated rings. The minimum atomic E-state index is 0.0644. The summed E-state index contributed by atoms with van der Waals surface area (Å²) in [5, 5.41) is 3.04. The average Bonchev–Trinajstić information content (AvgIpc) is 3.63. The molecule has 0 atom stereocenters. The van der Waals surface area contributed by atoms with Crippen LogP contribution < -0.4 is 15.0 Å². The third-order valence-corrected chi connectivity index (χ3v) is 5.76. The Morgan fingerprint density at radius 1 is 1.10 bits per heavy atom. The van der Waals surface area contributed by atoms with Gasteiger partial charge < -0.3 is 19.7 Å². The van der Waals surface area contributed by atoms with Gasteiger partial charge >= 0.3 is 0 Å². The molecule has 0 unspecified atom stereocenters. The number of carbonyl (C=O) groups excluding carboxylic acids is 1. The Bertz CT molecular complexity index is 813. The van der Waals surface area contributed by atoms with Gasteiger partial charge in [-0.1, -0.05) is 12.1 Å². The highest BCUT2D eigenvalue weighted by atomic mass is 16.5. The molecule has 160 valence electrons. The van der Waals surface area contributed by atoms with Crippen molar-refractivity contribution in [1.82, 2.24) is 4.90 Å². The van der Waals surface area contributed by atoms with Crippen molar-refractivity contribution >= 4 is 17.3 Å². The van der Waals surface area contributed by atoms with Crippen LogP contribution in [0.1, 0.15) is 24.8 Å². The molecule has 0 radical (unpaired) electrons. The molecule has 1 saturated heterocycles. The van der Waals surface area contributed by atoms with Crippen molar-refractivity contribution in [2.24, 2.45) is 0 Å². The molecule has 1 N–H and O–H groups in total. The number of morpholine rings is 1. The molecule has 0 spiro atoms. The number of carbonyl (C=O) groups is 1. The number of amides is 1. The predicted molar refractivity (Wildman–Crippen MR) is 119 cm³/mol. The Morgan fingerprint density at radius 3 is 2.43 bits per heavy atom. The summed E-state index contributed by atoms with van der Waals surface area (Å²) in [6, 6.07) is 16.9. The lowest BCUT2D eigenvalue weighted by atomic mass is 10.2. The highest BCUT2D eigenvalue weighted by molar-refractivity contribution is 5.91. The van der Waals surface area contributed by atoms with E-state index in [0.29, 0.717) is 12.5 Å². The standard InChI is InChI=1S/C24H31N3O3/c1-29-23-10-2-19(3-11-23)18-27(22-8-9-22)13-12-24(28)25-20-4-6-21(7-5-20)26-14-16-30-17-15-26/h2-7,10-11,22H,8-9,12-18H2,1H3,(H,25,28). The molecule has 0 bridgehead atoms. The van der Waals surface area contributed by atoms with Crippen molar-refractivity contribution in [3.8, 4) is 5.75 Å². The van der Waals surface area contributed by atoms with Gasteiger partial charge in [-0.05, 0) is 54.8 Å². The molecule has 0 aromatic heterocycles. The van der Waals surface area contributed by atoms with Crippen LogP contribution >= 0.6 is 0 Å². The second kappa shape index (κ2) is 9.96. The maximum atomic E-state index is 12.5. The molecule has 2 aliphatic rings. The molecule has 2 aromatic rings. The first kappa shape index (κ1) is 20.7. The zero-order chi connectivity index (χ0) is 20.8. The molecule has 6 nitrogen and oxygen atoms in total. The largest absolute Gasteiger partial charge is 0.497 e. The maximum absolute atomic E-state index is 12.5. The topological polar surface area (TPSA) is 54.0 Å². The number of hydrogen-bond donors (Lipinski definition) is 1. The molecular formula is C24H31N3O3. The normalized spacial score (nSPS) is 16.5. The van der Waals surface area contributed by atoms with E-state index in [4.69, 9.17) is 9.47 Å². The van der Waals surface area contributed by atoms with E-state index in [2.05, 4.69) is 39.4 Å². The fourth-order valence-corrected chi connectivity index (χ4v) is 3.84. The zero-order valence-electron chi connectivity index (χ0n) is 17.7. The van der Waals surface area contributed by atoms with Gasteiger partial charge in [-0.25, -0.2) is 0 Å². The number of hydrogen-bond acceptors (Lipinski definition) is 5. The average molecular weight is 410 g/mol. The third kappa shape index (κ3) is 5.74. The van der Waals surface area contributed by atoms with E-state index in [9.17, 15) is 4.79 Å². The van der Waals surface area contributed by atoms with Crippen LogP contribution in [0.5, 0.6) is 5.75 Å². The Balaban J connectivity index is 1.26. The van der Waals surface area contributed by atoms with Gasteiger partial charge in [0, 0.05) is 50.0 Å². The van der Waals surface area contributed by atoms with Gasteiger partial charge in [-0.3, -0.25) is 9.69 Å². The van der Waals surface area contributed by atoms with Crippen molar-refractivity contribution < 1.29 is 14.3 Å². The van der Waals surface area contributed by atoms with E-state index in [1.165, 1.54) is 24.1 Å². The van der Waals surface area contributed by atoms with E-state index in [0.717, 1.165) is 50.8 Å². The highest BCUT2D eigenvalue weighted by Gasteiger charge is 2.29. The number of rotatable bonds is 9. The molecule has 1 amide bonds. The van der Waals surface area contributed by atoms with E-state index in [1.807, 2.05) is 24.3 Å². The van der Waals surface area contributed by atoms with Gasteiger partial charge in [0.2, 0.25) is 5.91 Å². The Kier molecular flexibility index (Phi) is 6.87. The summed E-state index contributed by atoms with van der Waals surface area (Å²) in [4.78, 5) is 17.2. The minimum Gasteiger partial charge on any atom is -0.497 e. The van der Waals surface area contributed by atoms with Crippen LogP contribution in [0.15, 0.2) is 48.5 Å². The Hall–Kier alpha value is -2.57. The summed E-state index contributed by atoms with van der Waals surface area (Å²) >= 11 is 0. The van der Waals surface area contributed by atoms with Gasteiger partial charge in [0.05, 0.1) is 20.3 Å². The summed E-state index contributed by atoms with van der Waals surface area (Å²) in [7, 11) is 1.68. The summed E-state index contributed by atoms with van der Waals surface area (Å²) < 4.78 is 10.6. The fraction of sp³-hybridized carbons (Fsp3) is 0.458. The molecule has 2 aromatic carbocycles. The fourth-order valence-electron chi connectivity index (χ4n) is 3.84. The van der Waals surface area contributed by atoms with Crippen LogP contribution in [0.3, 0.4) is 0 Å². The van der Waals surface area contributed by atoms with Gasteiger partial charge in [0.15, 0.2) is 0 Å². The molecule has 1 saturated carbocycles. The van der Waals surface area contributed by atoms with Gasteiger partial charge in [0.1, 0.15) is 5.75 Å². The van der Waals surface area contributed by atoms with Gasteiger partial charge in [-0.2, -0.15) is 0 Å². The van der Waals surface area contributed by atoms with Crippen molar-refractivity contribution in [2.75, 3.05) is 50.2 Å². The lowest BCUT2D eigenvalue weighted by Gasteiger charge is -2.28. The lowest BCUT2D eigenvalue weighted by molar-refractivity contribution is -0.116.